The first-order valence-corrected chi connectivity index (χ1v) is 12.6. The Kier molecular flexibility index (Phi) is 3.36. The van der Waals surface area contributed by atoms with Gasteiger partial charge in [-0.3, -0.25) is 0 Å². The van der Waals surface area contributed by atoms with Crippen molar-refractivity contribution < 1.29 is 0 Å². The smallest absolute Gasteiger partial charge is 0.00139 e. The molecule has 164 valence electrons. The Bertz CT molecular complexity index is 2280. The van der Waals surface area contributed by atoms with Gasteiger partial charge < -0.3 is 0 Å². The van der Waals surface area contributed by atoms with Crippen LogP contribution in [-0.4, -0.2) is 0 Å². The third kappa shape index (κ3) is 2.20. The molecule has 0 heterocycles. The van der Waals surface area contributed by atoms with Crippen LogP contribution < -0.4 is 0 Å². The van der Waals surface area contributed by atoms with Crippen LogP contribution in [0.25, 0.3) is 86.5 Å². The lowest BCUT2D eigenvalue weighted by Crippen LogP contribution is -1.91. The highest BCUT2D eigenvalue weighted by atomic mass is 14.2. The molecule has 0 aliphatic heterocycles. The van der Waals surface area contributed by atoms with Gasteiger partial charge in [0.25, 0.3) is 0 Å². The Balaban J connectivity index is 1.54. The van der Waals surface area contributed by atoms with Crippen LogP contribution in [0.2, 0.25) is 0 Å². The molecule has 0 aliphatic rings. The average molecular weight is 453 g/mol. The van der Waals surface area contributed by atoms with E-state index in [0.29, 0.717) is 0 Å². The van der Waals surface area contributed by atoms with Gasteiger partial charge in [0.2, 0.25) is 0 Å². The quantitative estimate of drug-likeness (QED) is 0.172. The number of rotatable bonds is 1. The van der Waals surface area contributed by atoms with Gasteiger partial charge in [0.15, 0.2) is 0 Å². The van der Waals surface area contributed by atoms with E-state index in [1.54, 1.807) is 0 Å². The molecule has 0 bridgehead atoms. The van der Waals surface area contributed by atoms with E-state index < -0.39 is 0 Å². The van der Waals surface area contributed by atoms with Crippen LogP contribution in [0.15, 0.2) is 121 Å². The molecule has 0 radical (unpaired) electrons. The molecular weight excluding hydrogens is 432 g/mol. The van der Waals surface area contributed by atoms with Crippen molar-refractivity contribution in [1.82, 2.24) is 0 Å². The predicted octanol–water partition coefficient (Wildman–Crippen LogP) is 10.3. The Morgan fingerprint density at radius 2 is 0.667 bits per heavy atom. The second kappa shape index (κ2) is 6.50. The number of hydrogen-bond acceptors (Lipinski definition) is 0. The van der Waals surface area contributed by atoms with Gasteiger partial charge in [-0.15, -0.1) is 0 Å². The summed E-state index contributed by atoms with van der Waals surface area (Å²) in [5.41, 5.74) is 2.62. The summed E-state index contributed by atoms with van der Waals surface area (Å²) in [6, 6.07) is 45.3. The molecule has 0 N–H and O–H groups in total. The fourth-order valence-electron chi connectivity index (χ4n) is 6.85. The van der Waals surface area contributed by atoms with Crippen molar-refractivity contribution in [2.45, 2.75) is 0 Å². The minimum absolute atomic E-state index is 1.30. The van der Waals surface area contributed by atoms with Crippen molar-refractivity contribution in [2.75, 3.05) is 0 Å². The number of fused-ring (bicyclic) bond motifs is 2. The molecule has 36 heavy (non-hydrogen) atoms. The molecule has 9 aromatic carbocycles. The summed E-state index contributed by atoms with van der Waals surface area (Å²) in [5, 5.41) is 18.7. The standard InChI is InChI=1S/C36H20/c1-5-22-13-14-25-15-18-26(29-19-16-23(6-1)32(22)34(25)29)30-20-17-24-9-3-11-28-27-10-2-7-21-8-4-12-31(33(21)27)36(30)35(24)28/h1-20H. The molecular formula is C36H20. The molecule has 0 amide bonds. The number of benzene rings is 9. The minimum Gasteiger partial charge on any atom is -0.0610 e. The van der Waals surface area contributed by atoms with Gasteiger partial charge >= 0.3 is 0 Å². The fourth-order valence-corrected chi connectivity index (χ4v) is 6.85. The molecule has 0 heteroatoms. The van der Waals surface area contributed by atoms with Crippen molar-refractivity contribution in [3.05, 3.63) is 121 Å². The fraction of sp³-hybridized carbons (Fsp3) is 0. The van der Waals surface area contributed by atoms with Crippen molar-refractivity contribution in [3.63, 3.8) is 0 Å². The predicted molar refractivity (Wildman–Crippen MR) is 157 cm³/mol. The Labute approximate surface area is 207 Å². The van der Waals surface area contributed by atoms with Crippen LogP contribution in [0, 0.1) is 0 Å². The topological polar surface area (TPSA) is 0 Å². The summed E-state index contributed by atoms with van der Waals surface area (Å²) in [6.07, 6.45) is 0. The molecule has 0 unspecified atom stereocenters. The zero-order valence-electron chi connectivity index (χ0n) is 19.5. The first-order chi connectivity index (χ1) is 17.9. The summed E-state index contributed by atoms with van der Waals surface area (Å²) < 4.78 is 0. The lowest BCUT2D eigenvalue weighted by atomic mass is 9.84. The first kappa shape index (κ1) is 18.6. The van der Waals surface area contributed by atoms with Crippen molar-refractivity contribution >= 4 is 75.4 Å². The maximum atomic E-state index is 2.35. The van der Waals surface area contributed by atoms with E-state index in [0.717, 1.165) is 0 Å². The van der Waals surface area contributed by atoms with E-state index in [1.165, 1.54) is 86.5 Å². The zero-order valence-corrected chi connectivity index (χ0v) is 19.5. The van der Waals surface area contributed by atoms with E-state index in [2.05, 4.69) is 121 Å². The molecule has 0 fully saturated rings. The molecule has 0 aliphatic carbocycles. The van der Waals surface area contributed by atoms with Gasteiger partial charge in [0.1, 0.15) is 0 Å². The SMILES string of the molecule is c1cc2ccc3ccc(-c4ccc5cccc6c7cccc8cccc(c4c56)c87)c4ccc(c1)c2c34. The lowest BCUT2D eigenvalue weighted by Gasteiger charge is -2.19. The summed E-state index contributed by atoms with van der Waals surface area (Å²) in [5.74, 6) is 0. The minimum atomic E-state index is 1.30. The van der Waals surface area contributed by atoms with Gasteiger partial charge in [-0.25, -0.2) is 0 Å². The Hall–Kier alpha value is -4.68. The van der Waals surface area contributed by atoms with E-state index >= 15 is 0 Å². The molecule has 9 rings (SSSR count). The van der Waals surface area contributed by atoms with Crippen LogP contribution in [0.5, 0.6) is 0 Å². The maximum absolute atomic E-state index is 2.35. The first-order valence-electron chi connectivity index (χ1n) is 12.6. The molecule has 0 aromatic heterocycles. The maximum Gasteiger partial charge on any atom is -0.00139 e. The van der Waals surface area contributed by atoms with E-state index in [-0.39, 0.29) is 0 Å². The second-order valence-electron chi connectivity index (χ2n) is 10.1. The Morgan fingerprint density at radius 3 is 1.39 bits per heavy atom. The van der Waals surface area contributed by atoms with E-state index in [9.17, 15) is 0 Å². The average Bonchev–Trinajstić information content (AvgIpc) is 2.94. The highest BCUT2D eigenvalue weighted by Gasteiger charge is 2.18. The van der Waals surface area contributed by atoms with Gasteiger partial charge in [-0.1, -0.05) is 121 Å². The van der Waals surface area contributed by atoms with E-state index in [1.807, 2.05) is 0 Å². The van der Waals surface area contributed by atoms with Crippen molar-refractivity contribution in [1.29, 1.82) is 0 Å². The highest BCUT2D eigenvalue weighted by molar-refractivity contribution is 6.36. The zero-order chi connectivity index (χ0) is 23.4. The van der Waals surface area contributed by atoms with Crippen LogP contribution in [0.1, 0.15) is 0 Å². The van der Waals surface area contributed by atoms with Crippen LogP contribution in [0.4, 0.5) is 0 Å². The van der Waals surface area contributed by atoms with Crippen LogP contribution >= 0.6 is 0 Å². The van der Waals surface area contributed by atoms with Gasteiger partial charge in [0.05, 0.1) is 0 Å². The summed E-state index contributed by atoms with van der Waals surface area (Å²) >= 11 is 0. The van der Waals surface area contributed by atoms with Gasteiger partial charge in [-0.2, -0.15) is 0 Å². The largest absolute Gasteiger partial charge is 0.0610 e. The number of hydrogen-bond donors (Lipinski definition) is 0. The highest BCUT2D eigenvalue weighted by Crippen LogP contribution is 2.46. The summed E-state index contributed by atoms with van der Waals surface area (Å²) in [4.78, 5) is 0. The van der Waals surface area contributed by atoms with Crippen LogP contribution in [-0.2, 0) is 0 Å². The van der Waals surface area contributed by atoms with Crippen molar-refractivity contribution in [2.24, 2.45) is 0 Å². The summed E-state index contributed by atoms with van der Waals surface area (Å²) in [6.45, 7) is 0. The molecule has 0 atom stereocenters. The van der Waals surface area contributed by atoms with Gasteiger partial charge in [0, 0.05) is 0 Å². The van der Waals surface area contributed by atoms with Crippen molar-refractivity contribution in [3.8, 4) is 11.1 Å². The van der Waals surface area contributed by atoms with Crippen LogP contribution in [0.3, 0.4) is 0 Å². The molecule has 0 saturated carbocycles. The third-order valence-corrected chi connectivity index (χ3v) is 8.33. The molecule has 9 aromatic rings. The third-order valence-electron chi connectivity index (χ3n) is 8.33. The molecule has 0 nitrogen and oxygen atoms in total. The van der Waals surface area contributed by atoms with E-state index in [4.69, 9.17) is 0 Å². The summed E-state index contributed by atoms with van der Waals surface area (Å²) in [7, 11) is 0. The lowest BCUT2D eigenvalue weighted by molar-refractivity contribution is 1.73. The Morgan fingerprint density at radius 1 is 0.222 bits per heavy atom. The molecule has 0 spiro atoms. The van der Waals surface area contributed by atoms with Gasteiger partial charge in [-0.05, 0) is 86.5 Å². The monoisotopic (exact) mass is 452 g/mol. The second-order valence-corrected chi connectivity index (χ2v) is 10.1. The normalized spacial score (nSPS) is 12.4. The molecule has 0 saturated heterocycles.